The van der Waals surface area contributed by atoms with Gasteiger partial charge in [0.1, 0.15) is 9.33 Å². The van der Waals surface area contributed by atoms with Gasteiger partial charge in [0.2, 0.25) is 5.91 Å². The van der Waals surface area contributed by atoms with Gasteiger partial charge in [0.15, 0.2) is 0 Å². The first-order valence-corrected chi connectivity index (χ1v) is 9.90. The molecule has 132 valence electrons. The molecule has 1 aromatic heterocycles. The summed E-state index contributed by atoms with van der Waals surface area (Å²) in [5.74, 6) is -0.0934. The van der Waals surface area contributed by atoms with Crippen LogP contribution in [0.25, 0.3) is 0 Å². The lowest BCUT2D eigenvalue weighted by Gasteiger charge is -2.21. The van der Waals surface area contributed by atoms with E-state index in [1.54, 1.807) is 6.92 Å². The number of hydrogen-bond donors (Lipinski definition) is 2. The van der Waals surface area contributed by atoms with Crippen molar-refractivity contribution in [2.45, 2.75) is 56.7 Å². The molecule has 24 heavy (non-hydrogen) atoms. The van der Waals surface area contributed by atoms with E-state index in [0.717, 1.165) is 31.2 Å². The van der Waals surface area contributed by atoms with E-state index in [2.05, 4.69) is 12.2 Å². The van der Waals surface area contributed by atoms with Crippen LogP contribution in [0.15, 0.2) is 0 Å². The average Bonchev–Trinajstić information content (AvgIpc) is 2.85. The van der Waals surface area contributed by atoms with E-state index < -0.39 is 15.7 Å². The fourth-order valence-corrected chi connectivity index (χ4v) is 5.61. The van der Waals surface area contributed by atoms with Crippen molar-refractivity contribution in [3.8, 4) is 0 Å². The second-order valence-electron chi connectivity index (χ2n) is 7.14. The number of anilines is 1. The molecule has 0 bridgehead atoms. The minimum absolute atomic E-state index is 0.251. The van der Waals surface area contributed by atoms with E-state index in [1.165, 1.54) is 22.6 Å². The van der Waals surface area contributed by atoms with Crippen molar-refractivity contribution in [2.24, 2.45) is 17.1 Å². The lowest BCUT2D eigenvalue weighted by molar-refractivity contribution is -0.120. The number of amides is 2. The van der Waals surface area contributed by atoms with E-state index in [9.17, 15) is 9.59 Å². The monoisotopic (exact) mass is 388 g/mol. The zero-order valence-electron chi connectivity index (χ0n) is 13.9. The zero-order valence-corrected chi connectivity index (χ0v) is 16.2. The molecular weight excluding hydrogens is 367 g/mol. The molecule has 2 atom stereocenters. The number of nitrogens with two attached hydrogens (primary N) is 1. The molecule has 1 fully saturated rings. The fourth-order valence-electron chi connectivity index (χ4n) is 3.54. The first kappa shape index (κ1) is 18.0. The highest BCUT2D eigenvalue weighted by Gasteiger charge is 2.68. The molecule has 0 spiro atoms. The van der Waals surface area contributed by atoms with Crippen LogP contribution in [0.2, 0.25) is 0 Å². The Labute approximate surface area is 156 Å². The molecule has 0 aliphatic heterocycles. The number of thiophene rings is 1. The Hall–Kier alpha value is -0.780. The average molecular weight is 389 g/mol. The lowest BCUT2D eigenvalue weighted by atomic mass is 9.84. The van der Waals surface area contributed by atoms with Crippen molar-refractivity contribution in [3.63, 3.8) is 0 Å². The second-order valence-corrected chi connectivity index (χ2v) is 9.73. The van der Waals surface area contributed by atoms with Crippen molar-refractivity contribution in [1.29, 1.82) is 0 Å². The minimum Gasteiger partial charge on any atom is -0.365 e. The van der Waals surface area contributed by atoms with E-state index >= 15 is 0 Å². The van der Waals surface area contributed by atoms with Crippen LogP contribution in [0.3, 0.4) is 0 Å². The summed E-state index contributed by atoms with van der Waals surface area (Å²) in [6.07, 6.45) is 5.61. The minimum atomic E-state index is -1.03. The van der Waals surface area contributed by atoms with Gasteiger partial charge in [-0.2, -0.15) is 0 Å². The standard InChI is InChI=1S/C17H22Cl2N2O2S/c1-3-4-9-5-6-10-11(7-9)24-14(12(10)13(20)22)21-15(23)16(2)8-17(16,18)19/h9H,3-8H2,1-2H3,(H2,20,22)(H,21,23)/t9-,16-/m1/s1. The Morgan fingerprint density at radius 3 is 2.62 bits per heavy atom. The third kappa shape index (κ3) is 2.95. The van der Waals surface area contributed by atoms with Gasteiger partial charge < -0.3 is 11.1 Å². The summed E-state index contributed by atoms with van der Waals surface area (Å²) in [5, 5.41) is 3.41. The molecule has 2 aliphatic carbocycles. The summed E-state index contributed by atoms with van der Waals surface area (Å²) < 4.78 is -1.03. The Morgan fingerprint density at radius 1 is 1.42 bits per heavy atom. The smallest absolute Gasteiger partial charge is 0.251 e. The number of hydrogen-bond acceptors (Lipinski definition) is 3. The van der Waals surface area contributed by atoms with Gasteiger partial charge in [-0.3, -0.25) is 9.59 Å². The first-order valence-electron chi connectivity index (χ1n) is 8.33. The summed E-state index contributed by atoms with van der Waals surface area (Å²) in [5.41, 5.74) is 6.26. The maximum Gasteiger partial charge on any atom is 0.251 e. The van der Waals surface area contributed by atoms with Crippen LogP contribution in [0.4, 0.5) is 5.00 Å². The highest BCUT2D eigenvalue weighted by molar-refractivity contribution is 7.17. The predicted molar refractivity (Wildman–Crippen MR) is 99.1 cm³/mol. The van der Waals surface area contributed by atoms with Crippen LogP contribution in [0, 0.1) is 11.3 Å². The molecule has 2 aliphatic rings. The number of halogens is 2. The molecule has 0 unspecified atom stereocenters. The highest BCUT2D eigenvalue weighted by atomic mass is 35.5. The molecule has 0 saturated heterocycles. The molecule has 1 heterocycles. The fraction of sp³-hybridized carbons (Fsp3) is 0.647. The summed E-state index contributed by atoms with van der Waals surface area (Å²) in [6.45, 7) is 3.92. The topological polar surface area (TPSA) is 72.2 Å². The Kier molecular flexibility index (Phi) is 4.65. The predicted octanol–water partition coefficient (Wildman–Crippen LogP) is 4.27. The molecule has 1 saturated carbocycles. The van der Waals surface area contributed by atoms with E-state index in [1.807, 2.05) is 0 Å². The maximum atomic E-state index is 12.5. The van der Waals surface area contributed by atoms with Gasteiger partial charge in [-0.05, 0) is 44.1 Å². The van der Waals surface area contributed by atoms with Gasteiger partial charge in [-0.1, -0.05) is 19.8 Å². The number of carbonyl (C=O) groups excluding carboxylic acids is 2. The molecule has 3 N–H and O–H groups in total. The molecule has 3 rings (SSSR count). The van der Waals surface area contributed by atoms with Gasteiger partial charge in [0.05, 0.1) is 11.0 Å². The van der Waals surface area contributed by atoms with Crippen LogP contribution in [0.5, 0.6) is 0 Å². The maximum absolute atomic E-state index is 12.5. The number of rotatable bonds is 5. The number of carbonyl (C=O) groups is 2. The summed E-state index contributed by atoms with van der Waals surface area (Å²) >= 11 is 13.6. The molecule has 7 heteroatoms. The van der Waals surface area contributed by atoms with Gasteiger partial charge in [0, 0.05) is 4.88 Å². The van der Waals surface area contributed by atoms with Crippen molar-refractivity contribution in [3.05, 3.63) is 16.0 Å². The Bertz CT molecular complexity index is 701. The first-order chi connectivity index (χ1) is 11.2. The van der Waals surface area contributed by atoms with Gasteiger partial charge in [-0.25, -0.2) is 0 Å². The molecular formula is C17H22Cl2N2O2S. The van der Waals surface area contributed by atoms with E-state index in [4.69, 9.17) is 28.9 Å². The second kappa shape index (κ2) is 6.19. The lowest BCUT2D eigenvalue weighted by Crippen LogP contribution is -2.27. The van der Waals surface area contributed by atoms with Gasteiger partial charge >= 0.3 is 0 Å². The van der Waals surface area contributed by atoms with E-state index in [-0.39, 0.29) is 5.91 Å². The van der Waals surface area contributed by atoms with Gasteiger partial charge in [0.25, 0.3) is 5.91 Å². The number of alkyl halides is 2. The summed E-state index contributed by atoms with van der Waals surface area (Å²) in [4.78, 5) is 25.7. The number of fused-ring (bicyclic) bond motifs is 1. The third-order valence-corrected chi connectivity index (χ3v) is 7.57. The van der Waals surface area contributed by atoms with Crippen molar-refractivity contribution < 1.29 is 9.59 Å². The normalized spacial score (nSPS) is 27.4. The summed E-state index contributed by atoms with van der Waals surface area (Å²) in [7, 11) is 0. The van der Waals surface area contributed by atoms with Crippen molar-refractivity contribution >= 4 is 51.4 Å². The third-order valence-electron chi connectivity index (χ3n) is 5.30. The Balaban J connectivity index is 1.86. The van der Waals surface area contributed by atoms with Crippen LogP contribution >= 0.6 is 34.5 Å². The highest BCUT2D eigenvalue weighted by Crippen LogP contribution is 2.64. The molecule has 0 aromatic carbocycles. The van der Waals surface area contributed by atoms with Crippen molar-refractivity contribution in [2.75, 3.05) is 5.32 Å². The SMILES string of the molecule is CCC[C@@H]1CCc2c(sc(NC(=O)[C@@]3(C)CC3(Cl)Cl)c2C(N)=O)C1. The summed E-state index contributed by atoms with van der Waals surface area (Å²) in [6, 6.07) is 0. The largest absolute Gasteiger partial charge is 0.365 e. The van der Waals surface area contributed by atoms with E-state index in [0.29, 0.717) is 22.9 Å². The van der Waals surface area contributed by atoms with Gasteiger partial charge in [-0.15, -0.1) is 34.5 Å². The van der Waals surface area contributed by atoms with Crippen LogP contribution < -0.4 is 11.1 Å². The van der Waals surface area contributed by atoms with Crippen LogP contribution in [-0.4, -0.2) is 16.1 Å². The molecule has 1 aromatic rings. The molecule has 4 nitrogen and oxygen atoms in total. The van der Waals surface area contributed by atoms with Crippen molar-refractivity contribution in [1.82, 2.24) is 0 Å². The molecule has 0 radical (unpaired) electrons. The number of nitrogens with one attached hydrogen (secondary N) is 1. The quantitative estimate of drug-likeness (QED) is 0.738. The van der Waals surface area contributed by atoms with Crippen LogP contribution in [-0.2, 0) is 17.6 Å². The number of primary amides is 1. The van der Waals surface area contributed by atoms with Crippen LogP contribution in [0.1, 0.15) is 60.3 Å². The zero-order chi connectivity index (χ0) is 17.7. The Morgan fingerprint density at radius 2 is 2.08 bits per heavy atom. The molecule has 2 amide bonds.